The van der Waals surface area contributed by atoms with Gasteiger partial charge in [0.25, 0.3) is 0 Å². The van der Waals surface area contributed by atoms with Crippen LogP contribution in [-0.4, -0.2) is 24.6 Å². The molecule has 4 heteroatoms. The number of methoxy groups -OCH3 is 1. The molecule has 0 saturated carbocycles. The summed E-state index contributed by atoms with van der Waals surface area (Å²) < 4.78 is 12.0. The summed E-state index contributed by atoms with van der Waals surface area (Å²) in [6.45, 7) is 6.70. The lowest BCUT2D eigenvalue weighted by Crippen LogP contribution is -2.39. The number of nitriles is 1. The fourth-order valence-electron chi connectivity index (χ4n) is 4.62. The van der Waals surface area contributed by atoms with Crippen LogP contribution in [-0.2, 0) is 11.2 Å². The molecule has 0 fully saturated rings. The molecular weight excluding hydrogens is 420 g/mol. The molecule has 1 atom stereocenters. The zero-order valence-electron chi connectivity index (χ0n) is 19.7. The van der Waals surface area contributed by atoms with E-state index in [2.05, 4.69) is 54.7 Å². The predicted octanol–water partition coefficient (Wildman–Crippen LogP) is 4.44. The molecule has 0 aliphatic heterocycles. The number of rotatable bonds is 6. The third kappa shape index (κ3) is 4.24. The molecule has 0 saturated heterocycles. The molecule has 3 aliphatic carbocycles. The van der Waals surface area contributed by atoms with Crippen molar-refractivity contribution in [1.82, 2.24) is 4.90 Å². The van der Waals surface area contributed by atoms with Crippen LogP contribution < -0.4 is 10.6 Å². The van der Waals surface area contributed by atoms with Crippen LogP contribution in [0.25, 0.3) is 17.7 Å². The lowest BCUT2D eigenvalue weighted by Gasteiger charge is -2.33. The summed E-state index contributed by atoms with van der Waals surface area (Å²) in [6, 6.07) is 1.84. The number of fused-ring (bicyclic) bond motifs is 3. The number of nitrogens with zero attached hydrogens (tertiary/aromatic N) is 2. The van der Waals surface area contributed by atoms with E-state index in [1.165, 1.54) is 5.56 Å². The first-order valence-corrected chi connectivity index (χ1v) is 11.4. The zero-order chi connectivity index (χ0) is 24.1. The standard InChI is InChI=1S/C30H28N2O2/c1-5-27(32(6-2)28-19-22(33-4)13-12-17-23(28)21(3)20-31)26-16-11-10-15-25-24-14-8-7-9-18-29(24)34-30(25)26/h1,7-13,15,18-19,27H,3,6,14,16-17H2,2,4H3. The first-order chi connectivity index (χ1) is 16.6. The Kier molecular flexibility index (Phi) is 6.90. The number of allylic oxidation sites excluding steroid dienone is 10. The van der Waals surface area contributed by atoms with Crippen LogP contribution in [0.15, 0.2) is 82.2 Å². The zero-order valence-corrected chi connectivity index (χ0v) is 19.7. The molecule has 0 bridgehead atoms. The molecule has 0 amide bonds. The number of ether oxygens (including phenoxy) is 1. The van der Waals surface area contributed by atoms with Gasteiger partial charge >= 0.3 is 0 Å². The Morgan fingerprint density at radius 3 is 2.76 bits per heavy atom. The van der Waals surface area contributed by atoms with Crippen LogP contribution in [0.3, 0.4) is 0 Å². The Labute approximate surface area is 201 Å². The van der Waals surface area contributed by atoms with E-state index in [4.69, 9.17) is 15.6 Å². The molecule has 4 rings (SSSR count). The van der Waals surface area contributed by atoms with E-state index in [0.29, 0.717) is 30.7 Å². The summed E-state index contributed by atoms with van der Waals surface area (Å²) in [4.78, 5) is 2.14. The highest BCUT2D eigenvalue weighted by atomic mass is 16.5. The van der Waals surface area contributed by atoms with Gasteiger partial charge in [-0.1, -0.05) is 55.0 Å². The quantitative estimate of drug-likeness (QED) is 0.477. The molecule has 1 unspecified atom stereocenters. The van der Waals surface area contributed by atoms with Gasteiger partial charge in [-0.05, 0) is 43.9 Å². The van der Waals surface area contributed by atoms with Gasteiger partial charge in [-0.3, -0.25) is 0 Å². The molecule has 0 N–H and O–H groups in total. The molecule has 3 aliphatic rings. The van der Waals surface area contributed by atoms with Crippen molar-refractivity contribution in [2.75, 3.05) is 13.7 Å². The maximum atomic E-state index is 9.64. The number of terminal acetylenes is 1. The summed E-state index contributed by atoms with van der Waals surface area (Å²) in [5.41, 5.74) is 5.13. The molecule has 4 nitrogen and oxygen atoms in total. The van der Waals surface area contributed by atoms with E-state index in [9.17, 15) is 5.26 Å². The number of furan rings is 1. The average Bonchev–Trinajstić information content (AvgIpc) is 3.11. The van der Waals surface area contributed by atoms with E-state index in [0.717, 1.165) is 39.7 Å². The monoisotopic (exact) mass is 448 g/mol. The van der Waals surface area contributed by atoms with Crippen LogP contribution in [0.2, 0.25) is 0 Å². The Morgan fingerprint density at radius 2 is 2.03 bits per heavy atom. The molecular formula is C30H28N2O2. The smallest absolute Gasteiger partial charge is 0.137 e. The van der Waals surface area contributed by atoms with E-state index >= 15 is 0 Å². The van der Waals surface area contributed by atoms with Crippen molar-refractivity contribution in [1.29, 1.82) is 5.26 Å². The van der Waals surface area contributed by atoms with Gasteiger partial charge in [-0.25, -0.2) is 0 Å². The van der Waals surface area contributed by atoms with Crippen LogP contribution in [0.1, 0.15) is 31.1 Å². The molecule has 170 valence electrons. The van der Waals surface area contributed by atoms with Crippen LogP contribution >= 0.6 is 0 Å². The second-order valence-corrected chi connectivity index (χ2v) is 8.17. The molecule has 0 spiro atoms. The topological polar surface area (TPSA) is 49.4 Å². The molecule has 1 aromatic heterocycles. The van der Waals surface area contributed by atoms with Crippen molar-refractivity contribution in [2.24, 2.45) is 0 Å². The van der Waals surface area contributed by atoms with E-state index < -0.39 is 0 Å². The van der Waals surface area contributed by atoms with Crippen LogP contribution in [0.5, 0.6) is 0 Å². The van der Waals surface area contributed by atoms with Gasteiger partial charge in [-0.15, -0.1) is 6.42 Å². The second-order valence-electron chi connectivity index (χ2n) is 8.17. The van der Waals surface area contributed by atoms with Gasteiger partial charge in [0.1, 0.15) is 23.0 Å². The van der Waals surface area contributed by atoms with Gasteiger partial charge < -0.3 is 14.1 Å². The van der Waals surface area contributed by atoms with Crippen molar-refractivity contribution in [2.45, 2.75) is 32.2 Å². The van der Waals surface area contributed by atoms with E-state index in [1.807, 2.05) is 36.5 Å². The second kappa shape index (κ2) is 10.2. The minimum atomic E-state index is -0.377. The summed E-state index contributed by atoms with van der Waals surface area (Å²) in [7, 11) is 1.64. The molecule has 1 heterocycles. The normalized spacial score (nSPS) is 17.2. The summed E-state index contributed by atoms with van der Waals surface area (Å²) >= 11 is 0. The number of hydrogen-bond donors (Lipinski definition) is 0. The van der Waals surface area contributed by atoms with Gasteiger partial charge in [0.05, 0.1) is 18.8 Å². The summed E-state index contributed by atoms with van der Waals surface area (Å²) in [5, 5.41) is 10.7. The SMILES string of the molecule is C#CC(C1=c2oc3c(c2=CC=CC1)CC=CC=C3)N(CC)C1=C(C(=C)C#N)CC=CC(OC)=C1. The van der Waals surface area contributed by atoms with Crippen LogP contribution in [0, 0.1) is 23.7 Å². The number of hydrogen-bond acceptors (Lipinski definition) is 4. The molecule has 34 heavy (non-hydrogen) atoms. The summed E-state index contributed by atoms with van der Waals surface area (Å²) in [5.74, 6) is 4.60. The lowest BCUT2D eigenvalue weighted by molar-refractivity contribution is 0.301. The molecule has 0 radical (unpaired) electrons. The minimum absolute atomic E-state index is 0.377. The van der Waals surface area contributed by atoms with Gasteiger partial charge in [0, 0.05) is 34.7 Å². The highest BCUT2D eigenvalue weighted by molar-refractivity contribution is 5.64. The van der Waals surface area contributed by atoms with Gasteiger partial charge in [-0.2, -0.15) is 5.26 Å². The first-order valence-electron chi connectivity index (χ1n) is 11.4. The lowest BCUT2D eigenvalue weighted by atomic mass is 9.97. The van der Waals surface area contributed by atoms with Crippen molar-refractivity contribution >= 4 is 17.7 Å². The van der Waals surface area contributed by atoms with Crippen LogP contribution in [0.4, 0.5) is 0 Å². The molecule has 0 aromatic carbocycles. The van der Waals surface area contributed by atoms with Crippen molar-refractivity contribution in [3.63, 3.8) is 0 Å². The Bertz CT molecular complexity index is 1390. The Hall–Kier alpha value is -4.15. The summed E-state index contributed by atoms with van der Waals surface area (Å²) in [6.07, 6.45) is 28.6. The maximum Gasteiger partial charge on any atom is 0.137 e. The van der Waals surface area contributed by atoms with Crippen molar-refractivity contribution in [3.05, 3.63) is 99.7 Å². The first kappa shape index (κ1) is 23.0. The molecule has 1 aromatic rings. The van der Waals surface area contributed by atoms with Gasteiger partial charge in [0.2, 0.25) is 0 Å². The van der Waals surface area contributed by atoms with E-state index in [-0.39, 0.29) is 6.04 Å². The third-order valence-corrected chi connectivity index (χ3v) is 6.30. The number of likely N-dealkylation sites (N-methyl/N-ethyl adjacent to an activating group) is 1. The van der Waals surface area contributed by atoms with E-state index in [1.54, 1.807) is 7.11 Å². The third-order valence-electron chi connectivity index (χ3n) is 6.30. The van der Waals surface area contributed by atoms with Gasteiger partial charge in [0.15, 0.2) is 0 Å². The highest BCUT2D eigenvalue weighted by Gasteiger charge is 2.27. The predicted molar refractivity (Wildman–Crippen MR) is 137 cm³/mol. The minimum Gasteiger partial charge on any atom is -0.497 e. The van der Waals surface area contributed by atoms with Crippen molar-refractivity contribution in [3.8, 4) is 18.4 Å². The maximum absolute atomic E-state index is 9.64. The fourth-order valence-corrected chi connectivity index (χ4v) is 4.62. The van der Waals surface area contributed by atoms with Crippen molar-refractivity contribution < 1.29 is 9.15 Å². The average molecular weight is 449 g/mol. The largest absolute Gasteiger partial charge is 0.497 e. The highest BCUT2D eigenvalue weighted by Crippen LogP contribution is 2.30. The Morgan fingerprint density at radius 1 is 1.21 bits per heavy atom. The Balaban J connectivity index is 1.94. The fraction of sp³-hybridized carbons (Fsp3) is 0.233.